The van der Waals surface area contributed by atoms with Gasteiger partial charge in [0.2, 0.25) is 11.8 Å². The molecule has 6 nitrogen and oxygen atoms in total. The van der Waals surface area contributed by atoms with Gasteiger partial charge in [-0.15, -0.1) is 0 Å². The number of halogens is 34. The lowest BCUT2D eigenvalue weighted by molar-refractivity contribution is -0.461. The van der Waals surface area contributed by atoms with Crippen molar-refractivity contribution in [2.45, 2.75) is 127 Å². The van der Waals surface area contributed by atoms with Gasteiger partial charge in [-0.2, -0.15) is 149 Å². The molecule has 0 saturated carbocycles. The molecule has 0 aliphatic heterocycles. The molecule has 72 heavy (non-hydrogen) atoms. The number of rotatable bonds is 24. The minimum absolute atomic E-state index is 0.488. The number of alkyl halides is 34. The minimum atomic E-state index is -9.14. The van der Waals surface area contributed by atoms with Crippen molar-refractivity contribution in [3.8, 4) is 0 Å². The molecule has 0 atom stereocenters. The zero-order chi connectivity index (χ0) is 57.9. The van der Waals surface area contributed by atoms with Gasteiger partial charge in [-0.05, 0) is 30.7 Å². The number of nitrogens with one attached hydrogen (secondary N) is 1. The van der Waals surface area contributed by atoms with Crippen LogP contribution in [0.4, 0.5) is 155 Å². The van der Waals surface area contributed by atoms with E-state index in [1.165, 1.54) is 0 Å². The third-order valence-corrected chi connectivity index (χ3v) is 9.52. The van der Waals surface area contributed by atoms with Crippen molar-refractivity contribution >= 4 is 23.5 Å². The summed E-state index contributed by atoms with van der Waals surface area (Å²) >= 11 is 0. The second kappa shape index (κ2) is 19.2. The van der Waals surface area contributed by atoms with Crippen molar-refractivity contribution in [1.29, 1.82) is 0 Å². The number of nitrogens with zero attached hydrogens (tertiary/aromatic N) is 1. The van der Waals surface area contributed by atoms with Crippen LogP contribution in [0.1, 0.15) is 42.5 Å². The quantitative estimate of drug-likeness (QED) is 0.101. The molecule has 0 aliphatic carbocycles. The van der Waals surface area contributed by atoms with E-state index in [0.29, 0.717) is 12.1 Å². The number of carbonyl (C=O) groups is 3. The van der Waals surface area contributed by atoms with Crippen molar-refractivity contribution in [1.82, 2.24) is 4.90 Å². The van der Waals surface area contributed by atoms with E-state index in [4.69, 9.17) is 5.11 Å². The highest BCUT2D eigenvalue weighted by Crippen LogP contribution is 2.66. The Bertz CT molecular complexity index is 2090. The van der Waals surface area contributed by atoms with Crippen molar-refractivity contribution in [2.75, 3.05) is 18.4 Å². The molecule has 0 spiro atoms. The average Bonchev–Trinajstić information content (AvgIpc) is 3.19. The molecule has 1 aromatic carbocycles. The van der Waals surface area contributed by atoms with Crippen LogP contribution in [0.2, 0.25) is 0 Å². The van der Waals surface area contributed by atoms with Crippen molar-refractivity contribution < 1.29 is 169 Å². The van der Waals surface area contributed by atoms with Gasteiger partial charge in [-0.25, -0.2) is 4.79 Å². The largest absolute Gasteiger partial charge is 0.478 e. The van der Waals surface area contributed by atoms with E-state index in [1.54, 1.807) is 5.32 Å². The summed E-state index contributed by atoms with van der Waals surface area (Å²) in [4.78, 5) is 35.3. The molecule has 1 rings (SSSR count). The van der Waals surface area contributed by atoms with Crippen LogP contribution in [0, 0.1) is 0 Å². The molecule has 40 heteroatoms. The first-order valence-corrected chi connectivity index (χ1v) is 17.6. The van der Waals surface area contributed by atoms with Gasteiger partial charge in [0.1, 0.15) is 0 Å². The monoisotopic (exact) mass is 1140 g/mol. The molecular weight excluding hydrogens is 1120 g/mol. The highest BCUT2D eigenvalue weighted by molar-refractivity contribution is 5.92. The summed E-state index contributed by atoms with van der Waals surface area (Å²) in [5.41, 5.74) is -1.01. The number of carboxylic acids is 1. The lowest BCUT2D eigenvalue weighted by Crippen LogP contribution is -2.74. The zero-order valence-electron chi connectivity index (χ0n) is 33.2. The molecule has 420 valence electrons. The number of hydrogen-bond donors (Lipinski definition) is 2. The fourth-order valence-corrected chi connectivity index (χ4v) is 5.14. The Kier molecular flexibility index (Phi) is 17.4. The van der Waals surface area contributed by atoms with E-state index in [0.717, 1.165) is 12.1 Å². The maximum absolute atomic E-state index is 14.5. The van der Waals surface area contributed by atoms with Crippen LogP contribution in [0.25, 0.3) is 0 Å². The van der Waals surface area contributed by atoms with Gasteiger partial charge in [0.25, 0.3) is 0 Å². The van der Waals surface area contributed by atoms with Gasteiger partial charge in [0.15, 0.2) is 0 Å². The maximum Gasteiger partial charge on any atom is 0.460 e. The van der Waals surface area contributed by atoms with Crippen LogP contribution in [-0.2, 0) is 9.59 Å². The third kappa shape index (κ3) is 10.4. The van der Waals surface area contributed by atoms with Gasteiger partial charge in [0.05, 0.1) is 5.56 Å². The van der Waals surface area contributed by atoms with Gasteiger partial charge in [0, 0.05) is 44.5 Å². The van der Waals surface area contributed by atoms with Crippen LogP contribution in [0.5, 0.6) is 0 Å². The summed E-state index contributed by atoms with van der Waals surface area (Å²) in [7, 11) is 0. The zero-order valence-corrected chi connectivity index (χ0v) is 33.2. The van der Waals surface area contributed by atoms with Crippen LogP contribution in [-0.4, -0.2) is 136 Å². The molecule has 2 amide bonds. The van der Waals surface area contributed by atoms with Crippen LogP contribution in [0.3, 0.4) is 0 Å². The van der Waals surface area contributed by atoms with Crippen molar-refractivity contribution in [3.63, 3.8) is 0 Å². The van der Waals surface area contributed by atoms with Gasteiger partial charge in [-0.1, -0.05) is 0 Å². The number of carbonyl (C=O) groups excluding carboxylic acids is 2. The fourth-order valence-electron chi connectivity index (χ4n) is 5.14. The summed E-state index contributed by atoms with van der Waals surface area (Å²) in [6.45, 7) is -4.00. The first-order chi connectivity index (χ1) is 31.3. The van der Waals surface area contributed by atoms with E-state index in [1.807, 2.05) is 0 Å². The molecular formula is C32H20F34N2O4. The van der Waals surface area contributed by atoms with Gasteiger partial charge < -0.3 is 15.3 Å². The molecule has 2 N–H and O–H groups in total. The number of aromatic carboxylic acids is 1. The Morgan fingerprint density at radius 1 is 0.389 bits per heavy atom. The summed E-state index contributed by atoms with van der Waals surface area (Å²) in [6, 6.07) is 2.89. The number of anilines is 1. The fraction of sp³-hybridized carbons (Fsp3) is 0.719. The molecule has 0 radical (unpaired) electrons. The molecule has 0 bridgehead atoms. The Hall–Kier alpha value is -4.75. The minimum Gasteiger partial charge on any atom is -0.478 e. The van der Waals surface area contributed by atoms with E-state index >= 15 is 0 Å². The number of amides is 2. The number of benzene rings is 1. The molecule has 1 aromatic rings. The Balaban J connectivity index is 3.68. The highest BCUT2D eigenvalue weighted by atomic mass is 19.4. The number of hydrogen-bond acceptors (Lipinski definition) is 3. The predicted octanol–water partition coefficient (Wildman–Crippen LogP) is 13.1. The highest BCUT2D eigenvalue weighted by Gasteiger charge is 2.97. The van der Waals surface area contributed by atoms with E-state index in [2.05, 4.69) is 0 Å². The lowest BCUT2D eigenvalue weighted by atomic mass is 9.88. The Labute approximate surface area is 373 Å². The summed E-state index contributed by atoms with van der Waals surface area (Å²) in [5.74, 6) is -127. The van der Waals surface area contributed by atoms with Crippen LogP contribution >= 0.6 is 0 Å². The molecule has 0 aromatic heterocycles. The molecule has 0 aliphatic rings. The average molecular weight is 1140 g/mol. The summed E-state index contributed by atoms with van der Waals surface area (Å²) in [6.07, 6.45) is -30.2. The summed E-state index contributed by atoms with van der Waals surface area (Å²) in [5, 5.41) is 10.6. The van der Waals surface area contributed by atoms with Gasteiger partial charge >= 0.3 is 101 Å². The molecule has 0 heterocycles. The van der Waals surface area contributed by atoms with Crippen molar-refractivity contribution in [2.24, 2.45) is 0 Å². The van der Waals surface area contributed by atoms with Crippen LogP contribution < -0.4 is 5.32 Å². The summed E-state index contributed by atoms with van der Waals surface area (Å²) < 4.78 is 463. The Morgan fingerprint density at radius 2 is 0.681 bits per heavy atom. The van der Waals surface area contributed by atoms with E-state index in [9.17, 15) is 164 Å². The topological polar surface area (TPSA) is 86.7 Å². The number of carboxylic acid groups (broad SMARTS) is 1. The van der Waals surface area contributed by atoms with Crippen LogP contribution in [0.15, 0.2) is 24.3 Å². The smallest absolute Gasteiger partial charge is 0.460 e. The van der Waals surface area contributed by atoms with Crippen molar-refractivity contribution in [3.05, 3.63) is 29.8 Å². The SMILES string of the molecule is O=C(CCN(CCCC(F)(F)C(F)(F)C(F)(F)C(F)(F)C(F)(F)C(F)(F)C(F)(F)C(F)(F)F)C(=O)CCC(F)(F)C(F)(F)C(F)(F)C(F)(F)C(F)(F)C(F)(F)C(F)(F)C(F)(F)F)Nc1ccc(C(=O)O)cc1. The maximum atomic E-state index is 14.5. The van der Waals surface area contributed by atoms with E-state index < -0.39 is 174 Å². The standard InChI is InChI=1S/C32H20F34N2O4/c33-17(34,19(37,38)21(41,42)23(45,46)25(49,50)27(53,54)29(57,58)31(61,62)63)8-1-10-68(11-7-14(69)67-13-4-2-12(3-5-13)16(71)72)15(70)6-9-18(35,36)20(39,40)22(43,44)24(47,48)26(51,52)28(55,56)30(59,60)32(64,65)66/h2-5H,1,6-11H2,(H,67,69)(H,71,72). The first-order valence-electron chi connectivity index (χ1n) is 17.6. The second-order valence-electron chi connectivity index (χ2n) is 14.5. The predicted molar refractivity (Wildman–Crippen MR) is 163 cm³/mol. The normalized spacial score (nSPS) is 15.4. The molecule has 0 saturated heterocycles. The lowest BCUT2D eigenvalue weighted by Gasteiger charge is -2.43. The molecule has 0 fully saturated rings. The molecule has 0 unspecified atom stereocenters. The van der Waals surface area contributed by atoms with E-state index in [-0.39, 0.29) is 0 Å². The third-order valence-electron chi connectivity index (χ3n) is 9.52. The second-order valence-corrected chi connectivity index (χ2v) is 14.5. The van der Waals surface area contributed by atoms with Gasteiger partial charge in [-0.3, -0.25) is 9.59 Å². The Morgan fingerprint density at radius 3 is 0.986 bits per heavy atom. The first kappa shape index (κ1) is 65.3.